The van der Waals surface area contributed by atoms with E-state index in [9.17, 15) is 0 Å². The molecular weight excluding hydrogens is 226 g/mol. The van der Waals surface area contributed by atoms with Crippen molar-refractivity contribution in [1.29, 1.82) is 0 Å². The molecule has 96 valence electrons. The van der Waals surface area contributed by atoms with Crippen LogP contribution in [0.25, 0.3) is 5.82 Å². The number of aromatic nitrogens is 4. The van der Waals surface area contributed by atoms with Gasteiger partial charge in [0.15, 0.2) is 5.82 Å². The number of hydrogen-bond donors (Lipinski definition) is 1. The first kappa shape index (κ1) is 12.7. The second kappa shape index (κ2) is 4.86. The van der Waals surface area contributed by atoms with Crippen LogP contribution in [0, 0.1) is 6.92 Å². The number of aryl methyl sites for hydroxylation is 1. The summed E-state index contributed by atoms with van der Waals surface area (Å²) < 4.78 is 1.73. The first-order valence-corrected chi connectivity index (χ1v) is 6.02. The molecule has 0 aromatic carbocycles. The standard InChI is InChI=1S/C13H19N5/c1-10-5-17-18(9-10)12-8-14-11(6-15-12)7-16-13(2,3)4/h5-6,8-9,16H,7H2,1-4H3. The molecule has 0 radical (unpaired) electrons. The third-order valence-corrected chi connectivity index (χ3v) is 2.44. The molecule has 18 heavy (non-hydrogen) atoms. The molecule has 0 atom stereocenters. The lowest BCUT2D eigenvalue weighted by molar-refractivity contribution is 0.421. The van der Waals surface area contributed by atoms with E-state index >= 15 is 0 Å². The van der Waals surface area contributed by atoms with Crippen LogP contribution in [0.4, 0.5) is 0 Å². The van der Waals surface area contributed by atoms with Crippen molar-refractivity contribution in [3.8, 4) is 5.82 Å². The summed E-state index contributed by atoms with van der Waals surface area (Å²) in [5.74, 6) is 0.739. The Morgan fingerprint density at radius 1 is 1.17 bits per heavy atom. The van der Waals surface area contributed by atoms with E-state index in [4.69, 9.17) is 0 Å². The van der Waals surface area contributed by atoms with Gasteiger partial charge in [-0.15, -0.1) is 0 Å². The van der Waals surface area contributed by atoms with Gasteiger partial charge in [-0.05, 0) is 33.3 Å². The first-order chi connectivity index (χ1) is 8.44. The second-order valence-electron chi connectivity index (χ2n) is 5.43. The molecule has 0 saturated heterocycles. The molecule has 0 fully saturated rings. The van der Waals surface area contributed by atoms with Gasteiger partial charge in [-0.1, -0.05) is 0 Å². The third kappa shape index (κ3) is 3.37. The van der Waals surface area contributed by atoms with Gasteiger partial charge >= 0.3 is 0 Å². The molecule has 0 aliphatic heterocycles. The molecule has 1 N–H and O–H groups in total. The number of nitrogens with zero attached hydrogens (tertiary/aromatic N) is 4. The van der Waals surface area contributed by atoms with Gasteiger partial charge in [0, 0.05) is 18.3 Å². The van der Waals surface area contributed by atoms with Crippen molar-refractivity contribution in [2.45, 2.75) is 39.8 Å². The quantitative estimate of drug-likeness (QED) is 0.896. The Morgan fingerprint density at radius 2 is 1.94 bits per heavy atom. The minimum atomic E-state index is 0.0828. The van der Waals surface area contributed by atoms with Crippen LogP contribution in [0.1, 0.15) is 32.0 Å². The van der Waals surface area contributed by atoms with Crippen LogP contribution >= 0.6 is 0 Å². The predicted molar refractivity (Wildman–Crippen MR) is 70.5 cm³/mol. The third-order valence-electron chi connectivity index (χ3n) is 2.44. The van der Waals surface area contributed by atoms with Crippen molar-refractivity contribution in [3.05, 3.63) is 36.0 Å². The molecule has 5 nitrogen and oxygen atoms in total. The minimum Gasteiger partial charge on any atom is -0.306 e. The smallest absolute Gasteiger partial charge is 0.171 e. The molecule has 2 rings (SSSR count). The number of nitrogens with one attached hydrogen (secondary N) is 1. The summed E-state index contributed by atoms with van der Waals surface area (Å²) in [5, 5.41) is 7.58. The van der Waals surface area contributed by atoms with E-state index < -0.39 is 0 Å². The van der Waals surface area contributed by atoms with Crippen LogP contribution in [0.5, 0.6) is 0 Å². The molecule has 0 bridgehead atoms. The van der Waals surface area contributed by atoms with Crippen LogP contribution in [0.2, 0.25) is 0 Å². The van der Waals surface area contributed by atoms with Crippen LogP contribution in [0.3, 0.4) is 0 Å². The van der Waals surface area contributed by atoms with Gasteiger partial charge in [0.2, 0.25) is 0 Å². The highest BCUT2D eigenvalue weighted by molar-refractivity contribution is 5.19. The Balaban J connectivity index is 2.06. The zero-order chi connectivity index (χ0) is 13.2. The molecular formula is C13H19N5. The molecule has 0 amide bonds. The maximum absolute atomic E-state index is 4.38. The highest BCUT2D eigenvalue weighted by atomic mass is 15.3. The molecule has 0 saturated carbocycles. The van der Waals surface area contributed by atoms with Crippen molar-refractivity contribution >= 4 is 0 Å². The molecule has 5 heteroatoms. The van der Waals surface area contributed by atoms with Gasteiger partial charge in [-0.2, -0.15) is 5.10 Å². The SMILES string of the molecule is Cc1cnn(-c2cnc(CNC(C)(C)C)cn2)c1. The van der Waals surface area contributed by atoms with E-state index in [2.05, 4.69) is 41.2 Å². The number of hydrogen-bond acceptors (Lipinski definition) is 4. The van der Waals surface area contributed by atoms with Crippen molar-refractivity contribution in [2.75, 3.05) is 0 Å². The Morgan fingerprint density at radius 3 is 2.44 bits per heavy atom. The summed E-state index contributed by atoms with van der Waals surface area (Å²) >= 11 is 0. The summed E-state index contributed by atoms with van der Waals surface area (Å²) in [7, 11) is 0. The van der Waals surface area contributed by atoms with Gasteiger partial charge in [0.1, 0.15) is 0 Å². The largest absolute Gasteiger partial charge is 0.306 e. The maximum atomic E-state index is 4.38. The average Bonchev–Trinajstić information content (AvgIpc) is 2.73. The summed E-state index contributed by atoms with van der Waals surface area (Å²) in [6.45, 7) is 9.09. The minimum absolute atomic E-state index is 0.0828. The Bertz CT molecular complexity index is 507. The molecule has 0 spiro atoms. The topological polar surface area (TPSA) is 55.6 Å². The summed E-state index contributed by atoms with van der Waals surface area (Å²) in [5.41, 5.74) is 2.12. The van der Waals surface area contributed by atoms with Crippen LogP contribution < -0.4 is 5.32 Å². The Kier molecular flexibility index (Phi) is 3.43. The first-order valence-electron chi connectivity index (χ1n) is 6.02. The van der Waals surface area contributed by atoms with Gasteiger partial charge in [-0.3, -0.25) is 4.98 Å². The number of rotatable bonds is 3. The van der Waals surface area contributed by atoms with Gasteiger partial charge < -0.3 is 5.32 Å². The lowest BCUT2D eigenvalue weighted by atomic mass is 10.1. The van der Waals surface area contributed by atoms with Crippen LogP contribution in [0.15, 0.2) is 24.8 Å². The Labute approximate surface area is 107 Å². The molecule has 0 aliphatic rings. The van der Waals surface area contributed by atoms with E-state index in [-0.39, 0.29) is 5.54 Å². The van der Waals surface area contributed by atoms with E-state index in [0.717, 1.165) is 23.6 Å². The summed E-state index contributed by atoms with van der Waals surface area (Å²) in [6.07, 6.45) is 7.26. The fraction of sp³-hybridized carbons (Fsp3) is 0.462. The Hall–Kier alpha value is -1.75. The highest BCUT2D eigenvalue weighted by Gasteiger charge is 2.09. The lowest BCUT2D eigenvalue weighted by Crippen LogP contribution is -2.35. The maximum Gasteiger partial charge on any atom is 0.171 e. The molecule has 2 aromatic rings. The monoisotopic (exact) mass is 245 g/mol. The lowest BCUT2D eigenvalue weighted by Gasteiger charge is -2.19. The van der Waals surface area contributed by atoms with Crippen molar-refractivity contribution in [3.63, 3.8) is 0 Å². The van der Waals surface area contributed by atoms with E-state index in [0.29, 0.717) is 0 Å². The fourth-order valence-corrected chi connectivity index (χ4v) is 1.45. The molecule has 2 heterocycles. The molecule has 0 aliphatic carbocycles. The average molecular weight is 245 g/mol. The van der Waals surface area contributed by atoms with Gasteiger partial charge in [0.05, 0.1) is 24.3 Å². The molecule has 0 unspecified atom stereocenters. The molecule has 2 aromatic heterocycles. The van der Waals surface area contributed by atoms with Gasteiger partial charge in [-0.25, -0.2) is 9.67 Å². The zero-order valence-electron chi connectivity index (χ0n) is 11.3. The highest BCUT2D eigenvalue weighted by Crippen LogP contribution is 2.05. The van der Waals surface area contributed by atoms with E-state index in [1.54, 1.807) is 23.3 Å². The summed E-state index contributed by atoms with van der Waals surface area (Å²) in [6, 6.07) is 0. The summed E-state index contributed by atoms with van der Waals surface area (Å²) in [4.78, 5) is 8.74. The van der Waals surface area contributed by atoms with Crippen molar-refractivity contribution in [1.82, 2.24) is 25.1 Å². The normalized spacial score (nSPS) is 11.8. The van der Waals surface area contributed by atoms with Crippen molar-refractivity contribution in [2.24, 2.45) is 0 Å². The zero-order valence-corrected chi connectivity index (χ0v) is 11.3. The van der Waals surface area contributed by atoms with E-state index in [1.807, 2.05) is 13.1 Å². The van der Waals surface area contributed by atoms with Crippen LogP contribution in [-0.4, -0.2) is 25.3 Å². The van der Waals surface area contributed by atoms with Crippen LogP contribution in [-0.2, 0) is 6.54 Å². The van der Waals surface area contributed by atoms with E-state index in [1.165, 1.54) is 0 Å². The predicted octanol–water partition coefficient (Wildman–Crippen LogP) is 1.86. The van der Waals surface area contributed by atoms with Crippen molar-refractivity contribution < 1.29 is 0 Å². The second-order valence-corrected chi connectivity index (χ2v) is 5.43. The fourth-order valence-electron chi connectivity index (χ4n) is 1.45. The van der Waals surface area contributed by atoms with Gasteiger partial charge in [0.25, 0.3) is 0 Å².